The molecule has 4 aromatic rings. The SMILES string of the molecule is NCC(=O)c1ccc(CN(C(=O)N2CCOCC2)c2ccc(F)cc2)c(F)c1.O=C(CNC(=O)C(F)F)c1ccc(CN(C(=O)N2CCOCC2)c2ccc(F)cc2)c(F)c1. The summed E-state index contributed by atoms with van der Waals surface area (Å²) >= 11 is 0. The second-order valence-corrected chi connectivity index (χ2v) is 13.6. The zero-order valence-corrected chi connectivity index (χ0v) is 32.6. The monoisotopic (exact) mass is 856 g/mol. The molecule has 324 valence electrons. The Balaban J connectivity index is 0.000000234. The molecule has 0 atom stereocenters. The quantitative estimate of drug-likeness (QED) is 0.139. The van der Waals surface area contributed by atoms with E-state index in [-0.39, 0.29) is 53.7 Å². The number of benzene rings is 4. The third-order valence-corrected chi connectivity index (χ3v) is 9.52. The second-order valence-electron chi connectivity index (χ2n) is 13.6. The number of Topliss-reactive ketones (excluding diaryl/α,β-unsaturated/α-hetero) is 2. The van der Waals surface area contributed by atoms with Crippen LogP contribution in [0.15, 0.2) is 84.9 Å². The van der Waals surface area contributed by atoms with Crippen molar-refractivity contribution in [3.05, 3.63) is 130 Å². The highest BCUT2D eigenvalue weighted by Crippen LogP contribution is 2.24. The van der Waals surface area contributed by atoms with Gasteiger partial charge < -0.3 is 30.3 Å². The Morgan fingerprint density at radius 3 is 1.36 bits per heavy atom. The molecule has 6 rings (SSSR count). The summed E-state index contributed by atoms with van der Waals surface area (Å²) in [6, 6.07) is 17.4. The minimum atomic E-state index is -3.27. The van der Waals surface area contributed by atoms with Crippen molar-refractivity contribution in [3.8, 4) is 0 Å². The van der Waals surface area contributed by atoms with Crippen LogP contribution in [-0.2, 0) is 27.4 Å². The van der Waals surface area contributed by atoms with E-state index in [4.69, 9.17) is 15.2 Å². The molecule has 0 saturated carbocycles. The summed E-state index contributed by atoms with van der Waals surface area (Å²) in [4.78, 5) is 66.6. The molecule has 0 radical (unpaired) electrons. The Hall–Kier alpha value is -6.31. The van der Waals surface area contributed by atoms with Crippen molar-refractivity contribution in [2.24, 2.45) is 5.73 Å². The van der Waals surface area contributed by atoms with Crippen LogP contribution in [0, 0.1) is 23.3 Å². The molecule has 2 aliphatic heterocycles. The largest absolute Gasteiger partial charge is 0.378 e. The number of ether oxygens (including phenoxy) is 2. The maximum Gasteiger partial charge on any atom is 0.324 e. The lowest BCUT2D eigenvalue weighted by atomic mass is 10.1. The summed E-state index contributed by atoms with van der Waals surface area (Å²) in [5, 5.41) is 1.76. The molecule has 0 unspecified atom stereocenters. The number of hydrogen-bond donors (Lipinski definition) is 2. The van der Waals surface area contributed by atoms with E-state index in [0.717, 1.165) is 12.1 Å². The molecule has 13 nitrogen and oxygen atoms in total. The zero-order chi connectivity index (χ0) is 44.1. The number of hydrogen-bond acceptors (Lipinski definition) is 8. The highest BCUT2D eigenvalue weighted by Gasteiger charge is 2.27. The van der Waals surface area contributed by atoms with Crippen LogP contribution in [0.2, 0.25) is 0 Å². The number of nitrogens with two attached hydrogens (primary N) is 1. The van der Waals surface area contributed by atoms with Gasteiger partial charge in [-0.1, -0.05) is 24.3 Å². The maximum atomic E-state index is 14.8. The van der Waals surface area contributed by atoms with E-state index < -0.39 is 54.0 Å². The molecule has 0 bridgehead atoms. The zero-order valence-electron chi connectivity index (χ0n) is 32.6. The van der Waals surface area contributed by atoms with E-state index in [0.29, 0.717) is 64.0 Å². The summed E-state index contributed by atoms with van der Waals surface area (Å²) in [6.07, 6.45) is -3.27. The van der Waals surface area contributed by atoms with Gasteiger partial charge in [0.1, 0.15) is 23.3 Å². The van der Waals surface area contributed by atoms with E-state index in [1.165, 1.54) is 87.5 Å². The Morgan fingerprint density at radius 2 is 1.00 bits per heavy atom. The lowest BCUT2D eigenvalue weighted by Crippen LogP contribution is -2.48. The van der Waals surface area contributed by atoms with Gasteiger partial charge in [0, 0.05) is 59.8 Å². The molecular weight excluding hydrogens is 814 g/mol. The third kappa shape index (κ3) is 12.6. The minimum Gasteiger partial charge on any atom is -0.378 e. The van der Waals surface area contributed by atoms with Crippen molar-refractivity contribution < 1.29 is 59.8 Å². The lowest BCUT2D eigenvalue weighted by molar-refractivity contribution is -0.131. The number of ketones is 2. The van der Waals surface area contributed by atoms with Gasteiger partial charge in [-0.05, 0) is 60.7 Å². The molecule has 2 aliphatic rings. The van der Waals surface area contributed by atoms with Gasteiger partial charge in [-0.2, -0.15) is 8.78 Å². The number of alkyl halides is 2. The summed E-state index contributed by atoms with van der Waals surface area (Å²) < 4.78 is 91.1. The molecule has 5 amide bonds. The molecule has 4 aromatic carbocycles. The van der Waals surface area contributed by atoms with Gasteiger partial charge in [0.15, 0.2) is 11.6 Å². The van der Waals surface area contributed by atoms with Crippen LogP contribution in [0.5, 0.6) is 0 Å². The second kappa shape index (κ2) is 21.8. The van der Waals surface area contributed by atoms with Crippen LogP contribution < -0.4 is 20.9 Å². The predicted octanol–water partition coefficient (Wildman–Crippen LogP) is 5.55. The van der Waals surface area contributed by atoms with Gasteiger partial charge in [-0.25, -0.2) is 27.2 Å². The molecule has 0 aliphatic carbocycles. The number of urea groups is 2. The number of nitrogens with one attached hydrogen (secondary N) is 1. The van der Waals surface area contributed by atoms with Gasteiger partial charge in [-0.15, -0.1) is 0 Å². The summed E-state index contributed by atoms with van der Waals surface area (Å²) in [6.45, 7) is 1.90. The van der Waals surface area contributed by atoms with Crippen molar-refractivity contribution in [2.75, 3.05) is 75.5 Å². The van der Waals surface area contributed by atoms with Crippen molar-refractivity contribution in [1.29, 1.82) is 0 Å². The fourth-order valence-electron chi connectivity index (χ4n) is 6.13. The Kier molecular flexibility index (Phi) is 16.4. The van der Waals surface area contributed by atoms with E-state index in [2.05, 4.69) is 0 Å². The Labute approximate surface area is 346 Å². The fourth-order valence-corrected chi connectivity index (χ4v) is 6.13. The fraction of sp³-hybridized carbons (Fsp3) is 0.310. The van der Waals surface area contributed by atoms with E-state index in [9.17, 15) is 50.3 Å². The predicted molar refractivity (Wildman–Crippen MR) is 210 cm³/mol. The molecule has 2 fully saturated rings. The summed E-state index contributed by atoms with van der Waals surface area (Å²) in [5.41, 5.74) is 6.47. The van der Waals surface area contributed by atoms with Gasteiger partial charge >= 0.3 is 18.5 Å². The first-order valence-corrected chi connectivity index (χ1v) is 18.9. The van der Waals surface area contributed by atoms with E-state index >= 15 is 0 Å². The summed E-state index contributed by atoms with van der Waals surface area (Å²) in [7, 11) is 0. The molecule has 2 heterocycles. The Bertz CT molecular complexity index is 2170. The maximum absolute atomic E-state index is 14.8. The highest BCUT2D eigenvalue weighted by molar-refractivity contribution is 6.00. The summed E-state index contributed by atoms with van der Waals surface area (Å²) in [5.74, 6) is -5.07. The molecule has 0 aromatic heterocycles. The number of anilines is 2. The standard InChI is InChI=1S/C22H21F4N3O4.C20H21F2N3O3/c23-16-3-5-17(6-4-16)29(22(32)28-7-9-33-10-8-28)13-15-2-1-14(11-18(15)24)19(30)12-27-21(31)20(25)26;21-16-3-5-17(6-4-16)25(20(27)24-7-9-28-10-8-24)13-15-2-1-14(11-18(15)22)19(26)12-23/h1-6,11,20H,7-10,12-13H2,(H,27,31);1-6,11H,7-10,12-13,23H2. The van der Waals surface area contributed by atoms with Crippen LogP contribution in [-0.4, -0.2) is 111 Å². The third-order valence-electron chi connectivity index (χ3n) is 9.52. The topological polar surface area (TPSA) is 155 Å². The first-order chi connectivity index (χ1) is 29.2. The van der Waals surface area contributed by atoms with Crippen molar-refractivity contribution in [2.45, 2.75) is 19.5 Å². The number of carbonyl (C=O) groups excluding carboxylic acids is 5. The average molecular weight is 857 g/mol. The van der Waals surface area contributed by atoms with E-state index in [1.807, 2.05) is 0 Å². The number of nitrogens with zero attached hydrogens (tertiary/aromatic N) is 4. The number of morpholine rings is 2. The normalized spacial score (nSPS) is 13.8. The average Bonchev–Trinajstić information content (AvgIpc) is 3.28. The number of halogens is 6. The highest BCUT2D eigenvalue weighted by atomic mass is 19.3. The van der Waals surface area contributed by atoms with Gasteiger partial charge in [-0.3, -0.25) is 24.2 Å². The van der Waals surface area contributed by atoms with Crippen LogP contribution in [0.4, 0.5) is 47.3 Å². The Morgan fingerprint density at radius 1 is 0.607 bits per heavy atom. The molecule has 0 spiro atoms. The lowest BCUT2D eigenvalue weighted by Gasteiger charge is -2.33. The van der Waals surface area contributed by atoms with Crippen molar-refractivity contribution in [3.63, 3.8) is 0 Å². The minimum absolute atomic E-state index is 0.0647. The van der Waals surface area contributed by atoms with Crippen molar-refractivity contribution >= 4 is 40.9 Å². The van der Waals surface area contributed by atoms with Crippen LogP contribution in [0.25, 0.3) is 0 Å². The molecule has 61 heavy (non-hydrogen) atoms. The van der Waals surface area contributed by atoms with E-state index in [1.54, 1.807) is 10.2 Å². The van der Waals surface area contributed by atoms with Gasteiger partial charge in [0.2, 0.25) is 0 Å². The molecule has 2 saturated heterocycles. The van der Waals surface area contributed by atoms with Crippen LogP contribution in [0.1, 0.15) is 31.8 Å². The number of carbonyl (C=O) groups is 5. The number of rotatable bonds is 12. The smallest absolute Gasteiger partial charge is 0.324 e. The first kappa shape index (κ1) is 45.8. The molecule has 19 heteroatoms. The van der Waals surface area contributed by atoms with Crippen molar-refractivity contribution in [1.82, 2.24) is 15.1 Å². The number of amides is 5. The van der Waals surface area contributed by atoms with Gasteiger partial charge in [0.25, 0.3) is 5.91 Å². The van der Waals surface area contributed by atoms with Crippen LogP contribution in [0.3, 0.4) is 0 Å². The van der Waals surface area contributed by atoms with Gasteiger partial charge in [0.05, 0.1) is 52.6 Å². The van der Waals surface area contributed by atoms with Crippen LogP contribution >= 0.6 is 0 Å². The first-order valence-electron chi connectivity index (χ1n) is 18.9. The molecular formula is C42H42F6N6O7. The molecule has 3 N–H and O–H groups in total.